The first kappa shape index (κ1) is 22.7. The Labute approximate surface area is 205 Å². The van der Waals surface area contributed by atoms with Crippen molar-refractivity contribution in [1.82, 2.24) is 0 Å². The molecule has 7 heteroatoms. The molecule has 4 N–H and O–H groups in total. The largest absolute Gasteiger partial charge is 0.422 e. The molecule has 1 aliphatic rings. The molecule has 0 saturated carbocycles. The number of nitrogens with two attached hydrogens (primary N) is 1. The lowest BCUT2D eigenvalue weighted by molar-refractivity contribution is -0.0745. The Balaban J connectivity index is 1.49. The van der Waals surface area contributed by atoms with Crippen LogP contribution in [0.5, 0.6) is 0 Å². The summed E-state index contributed by atoms with van der Waals surface area (Å²) in [6.07, 6.45) is 1.69. The molecule has 2 heterocycles. The van der Waals surface area contributed by atoms with Crippen molar-refractivity contribution in [2.24, 2.45) is 5.73 Å². The summed E-state index contributed by atoms with van der Waals surface area (Å²) in [6, 6.07) is 17.4. The van der Waals surface area contributed by atoms with Gasteiger partial charge in [0, 0.05) is 33.7 Å². The molecule has 5 aromatic rings. The highest BCUT2D eigenvalue weighted by Crippen LogP contribution is 2.35. The molecule has 3 aromatic carbocycles. The minimum absolute atomic E-state index is 0.00256. The van der Waals surface area contributed by atoms with Crippen molar-refractivity contribution in [2.45, 2.75) is 43.9 Å². The molecule has 7 nitrogen and oxygen atoms in total. The Morgan fingerprint density at radius 1 is 0.806 bits per heavy atom. The van der Waals surface area contributed by atoms with Crippen LogP contribution in [0.2, 0.25) is 0 Å². The van der Waals surface area contributed by atoms with Crippen LogP contribution in [-0.4, -0.2) is 16.3 Å². The van der Waals surface area contributed by atoms with Crippen molar-refractivity contribution in [1.29, 1.82) is 0 Å². The van der Waals surface area contributed by atoms with E-state index < -0.39 is 17.5 Å². The molecule has 6 rings (SSSR count). The summed E-state index contributed by atoms with van der Waals surface area (Å²) in [5.41, 5.74) is 6.69. The summed E-state index contributed by atoms with van der Waals surface area (Å²) in [6.45, 7) is 0. The van der Waals surface area contributed by atoms with Gasteiger partial charge in [0.25, 0.3) is 0 Å². The third kappa shape index (κ3) is 3.47. The van der Waals surface area contributed by atoms with Gasteiger partial charge in [-0.3, -0.25) is 5.73 Å². The summed E-state index contributed by atoms with van der Waals surface area (Å²) < 4.78 is 11.1. The van der Waals surface area contributed by atoms with Gasteiger partial charge in [-0.2, -0.15) is 0 Å². The summed E-state index contributed by atoms with van der Waals surface area (Å²) in [4.78, 5) is 25.0. The highest BCUT2D eigenvalue weighted by molar-refractivity contribution is 6.06. The van der Waals surface area contributed by atoms with E-state index in [-0.39, 0.29) is 12.0 Å². The average Bonchev–Trinajstić information content (AvgIpc) is 2.88. The smallest absolute Gasteiger partial charge is 0.344 e. The molecule has 0 bridgehead atoms. The lowest BCUT2D eigenvalue weighted by atomic mass is 9.84. The normalized spacial score (nSPS) is 16.2. The van der Waals surface area contributed by atoms with Gasteiger partial charge in [0.2, 0.25) is 0 Å². The highest BCUT2D eigenvalue weighted by Gasteiger charge is 2.37. The van der Waals surface area contributed by atoms with Crippen LogP contribution >= 0.6 is 0 Å². The summed E-state index contributed by atoms with van der Waals surface area (Å²) in [5.74, 6) is 0. The van der Waals surface area contributed by atoms with Gasteiger partial charge in [-0.25, -0.2) is 9.59 Å². The molecule has 0 radical (unpaired) electrons. The monoisotopic (exact) mass is 483 g/mol. The van der Waals surface area contributed by atoms with Gasteiger partial charge in [-0.05, 0) is 55.0 Å². The first-order valence-electron chi connectivity index (χ1n) is 12.1. The fourth-order valence-electron chi connectivity index (χ4n) is 5.54. The molecule has 0 fully saturated rings. The number of hydrogen-bond donors (Lipinski definition) is 3. The van der Waals surface area contributed by atoms with E-state index >= 15 is 0 Å². The Morgan fingerprint density at radius 3 is 2.22 bits per heavy atom. The zero-order valence-corrected chi connectivity index (χ0v) is 19.5. The number of aliphatic hydroxyl groups excluding tert-OH is 1. The zero-order valence-electron chi connectivity index (χ0n) is 19.5. The van der Waals surface area contributed by atoms with Gasteiger partial charge in [-0.1, -0.05) is 42.5 Å². The Kier molecular flexibility index (Phi) is 5.30. The van der Waals surface area contributed by atoms with Crippen LogP contribution in [0.3, 0.4) is 0 Å². The van der Waals surface area contributed by atoms with E-state index in [1.165, 1.54) is 0 Å². The maximum atomic E-state index is 12.5. The van der Waals surface area contributed by atoms with Crippen molar-refractivity contribution in [2.75, 3.05) is 0 Å². The Bertz CT molecular complexity index is 1760. The highest BCUT2D eigenvalue weighted by atomic mass is 16.4. The van der Waals surface area contributed by atoms with E-state index in [0.29, 0.717) is 62.2 Å². The molecule has 0 saturated heterocycles. The van der Waals surface area contributed by atoms with E-state index in [4.69, 9.17) is 14.6 Å². The fourth-order valence-corrected chi connectivity index (χ4v) is 5.54. The lowest BCUT2D eigenvalue weighted by Crippen LogP contribution is -2.49. The van der Waals surface area contributed by atoms with Gasteiger partial charge < -0.3 is 19.0 Å². The number of hydrogen-bond acceptors (Lipinski definition) is 7. The number of rotatable bonds is 4. The first-order chi connectivity index (χ1) is 17.4. The van der Waals surface area contributed by atoms with Crippen LogP contribution in [0.1, 0.15) is 35.1 Å². The first-order valence-corrected chi connectivity index (χ1v) is 12.1. The Hall–Kier alpha value is -3.78. The number of fused-ring (bicyclic) bond motifs is 6. The van der Waals surface area contributed by atoms with Crippen LogP contribution in [0, 0.1) is 0 Å². The predicted octanol–water partition coefficient (Wildman–Crippen LogP) is 3.64. The minimum Gasteiger partial charge on any atom is -0.422 e. The van der Waals surface area contributed by atoms with Crippen LogP contribution in [0.15, 0.2) is 79.1 Å². The molecular weight excluding hydrogens is 458 g/mol. The van der Waals surface area contributed by atoms with Crippen molar-refractivity contribution in [3.8, 4) is 0 Å². The van der Waals surface area contributed by atoms with E-state index in [2.05, 4.69) is 0 Å². The van der Waals surface area contributed by atoms with E-state index in [1.54, 1.807) is 42.5 Å². The number of aryl methyl sites for hydroxylation is 1. The maximum Gasteiger partial charge on any atom is 0.344 e. The van der Waals surface area contributed by atoms with E-state index in [0.717, 1.165) is 18.4 Å². The topological polar surface area (TPSA) is 127 Å². The van der Waals surface area contributed by atoms with Gasteiger partial charge in [0.15, 0.2) is 5.72 Å². The SMILES string of the molecule is NC(O)(c1cccc2oc(=O)c3c(c12)CCCC3)C(O)Cc1cccc2oc(=O)c3ccccc3c12. The van der Waals surface area contributed by atoms with E-state index in [9.17, 15) is 19.8 Å². The molecule has 0 aliphatic heterocycles. The van der Waals surface area contributed by atoms with E-state index in [1.807, 2.05) is 18.2 Å². The van der Waals surface area contributed by atoms with Gasteiger partial charge >= 0.3 is 11.3 Å². The van der Waals surface area contributed by atoms with Crippen molar-refractivity contribution >= 4 is 32.7 Å². The maximum absolute atomic E-state index is 12.5. The van der Waals surface area contributed by atoms with Crippen LogP contribution in [-0.2, 0) is 25.0 Å². The minimum atomic E-state index is -2.14. The molecule has 182 valence electrons. The molecule has 0 amide bonds. The average molecular weight is 484 g/mol. The summed E-state index contributed by atoms with van der Waals surface area (Å²) in [7, 11) is 0. The van der Waals surface area contributed by atoms with Crippen LogP contribution < -0.4 is 17.0 Å². The predicted molar refractivity (Wildman–Crippen MR) is 137 cm³/mol. The molecule has 2 aromatic heterocycles. The standard InChI is InChI=1S/C29H25NO6/c30-29(34,21-12-6-14-23-26(21)18-9-2-4-11-20(18)28(33)36-23)24(31)15-16-7-5-13-22-25(16)17-8-1-3-10-19(17)27(32)35-22/h1,3,5-8,10,12-14,24,31,34H,2,4,9,11,15,30H2. The second kappa shape index (κ2) is 8.41. The van der Waals surface area contributed by atoms with Crippen LogP contribution in [0.25, 0.3) is 32.7 Å². The third-order valence-corrected chi connectivity index (χ3v) is 7.33. The third-order valence-electron chi connectivity index (χ3n) is 7.33. The Morgan fingerprint density at radius 2 is 1.44 bits per heavy atom. The van der Waals surface area contributed by atoms with Crippen molar-refractivity contribution < 1.29 is 19.0 Å². The molecule has 0 spiro atoms. The van der Waals surface area contributed by atoms with Crippen LogP contribution in [0.4, 0.5) is 0 Å². The summed E-state index contributed by atoms with van der Waals surface area (Å²) >= 11 is 0. The molecule has 2 atom stereocenters. The second-order valence-electron chi connectivity index (χ2n) is 9.50. The van der Waals surface area contributed by atoms with Gasteiger partial charge in [0.05, 0.1) is 5.39 Å². The van der Waals surface area contributed by atoms with Gasteiger partial charge in [-0.15, -0.1) is 0 Å². The van der Waals surface area contributed by atoms with Crippen molar-refractivity contribution in [3.63, 3.8) is 0 Å². The molecule has 1 aliphatic carbocycles. The molecular formula is C29H25NO6. The summed E-state index contributed by atoms with van der Waals surface area (Å²) in [5, 5.41) is 25.3. The fraction of sp³-hybridized carbons (Fsp3) is 0.241. The zero-order chi connectivity index (χ0) is 25.0. The number of benzene rings is 3. The van der Waals surface area contributed by atoms with Crippen molar-refractivity contribution in [3.05, 3.63) is 104 Å². The lowest BCUT2D eigenvalue weighted by Gasteiger charge is -2.31. The van der Waals surface area contributed by atoms with Gasteiger partial charge in [0.1, 0.15) is 17.3 Å². The quantitative estimate of drug-likeness (QED) is 0.202. The second-order valence-corrected chi connectivity index (χ2v) is 9.50. The number of aliphatic hydroxyl groups is 2. The molecule has 2 unspecified atom stereocenters. The molecule has 36 heavy (non-hydrogen) atoms.